The molecule has 102 valence electrons. The number of nitrogens with zero attached hydrogens (tertiary/aromatic N) is 1. The van der Waals surface area contributed by atoms with Crippen molar-refractivity contribution in [1.29, 1.82) is 0 Å². The van der Waals surface area contributed by atoms with Crippen LogP contribution < -0.4 is 4.74 Å². The van der Waals surface area contributed by atoms with Crippen LogP contribution in [0, 0.1) is 5.82 Å². The Kier molecular flexibility index (Phi) is 3.67. The van der Waals surface area contributed by atoms with Gasteiger partial charge in [-0.25, -0.2) is 8.78 Å². The Morgan fingerprint density at radius 2 is 1.67 bits per heavy atom. The zero-order valence-corrected chi connectivity index (χ0v) is 8.16. The van der Waals surface area contributed by atoms with Gasteiger partial charge in [-0.05, 0) is 0 Å². The summed E-state index contributed by atoms with van der Waals surface area (Å²) in [6.07, 6.45) is -10.7. The maximum absolute atomic E-state index is 13.2. The zero-order chi connectivity index (χ0) is 14.1. The minimum atomic E-state index is -5.39. The summed E-state index contributed by atoms with van der Waals surface area (Å²) in [7, 11) is 0. The summed E-state index contributed by atoms with van der Waals surface area (Å²) in [5.74, 6) is -4.13. The number of pyridine rings is 1. The predicted molar refractivity (Wildman–Crippen MR) is 40.7 cm³/mol. The molecule has 0 radical (unpaired) electrons. The molecule has 0 bridgehead atoms. The van der Waals surface area contributed by atoms with Gasteiger partial charge in [-0.3, -0.25) is 4.98 Å². The van der Waals surface area contributed by atoms with Crippen molar-refractivity contribution in [3.05, 3.63) is 23.3 Å². The quantitative estimate of drug-likeness (QED) is 0.772. The van der Waals surface area contributed by atoms with Gasteiger partial charge in [0.05, 0.1) is 11.9 Å². The van der Waals surface area contributed by atoms with E-state index in [-0.39, 0.29) is 6.20 Å². The molecule has 0 aliphatic carbocycles. The predicted octanol–water partition coefficient (Wildman–Crippen LogP) is 3.61. The van der Waals surface area contributed by atoms with Crippen molar-refractivity contribution in [3.63, 3.8) is 0 Å². The number of ether oxygens (including phenoxy) is 1. The lowest BCUT2D eigenvalue weighted by atomic mass is 10.1. The van der Waals surface area contributed by atoms with E-state index in [1.807, 2.05) is 0 Å². The first-order valence-corrected chi connectivity index (χ1v) is 4.12. The summed E-state index contributed by atoms with van der Waals surface area (Å²) in [4.78, 5) is 2.75. The summed E-state index contributed by atoms with van der Waals surface area (Å²) >= 11 is 0. The highest BCUT2D eigenvalue weighted by molar-refractivity contribution is 5.34. The number of hydrogen-bond acceptors (Lipinski definition) is 2. The van der Waals surface area contributed by atoms with Gasteiger partial charge >= 0.3 is 12.5 Å². The van der Waals surface area contributed by atoms with Crippen molar-refractivity contribution >= 4 is 0 Å². The second kappa shape index (κ2) is 4.58. The molecule has 0 saturated carbocycles. The maximum Gasteiger partial charge on any atom is 0.573 e. The van der Waals surface area contributed by atoms with Gasteiger partial charge in [0.15, 0.2) is 11.6 Å². The lowest BCUT2D eigenvalue weighted by molar-refractivity contribution is -0.276. The lowest BCUT2D eigenvalue weighted by Crippen LogP contribution is -2.21. The third-order valence-electron chi connectivity index (χ3n) is 1.70. The number of hydrogen-bond donors (Lipinski definition) is 0. The smallest absolute Gasteiger partial charge is 0.401 e. The molecule has 1 rings (SSSR count). The van der Waals surface area contributed by atoms with Crippen LogP contribution in [0.5, 0.6) is 5.75 Å². The molecular weight excluding hydrogens is 278 g/mol. The van der Waals surface area contributed by atoms with Crippen molar-refractivity contribution in [3.8, 4) is 5.75 Å². The summed E-state index contributed by atoms with van der Waals surface area (Å²) < 4.78 is 101. The molecule has 0 unspecified atom stereocenters. The highest BCUT2D eigenvalue weighted by atomic mass is 19.4. The van der Waals surface area contributed by atoms with Gasteiger partial charge in [-0.2, -0.15) is 13.2 Å². The fraction of sp³-hybridized carbons (Fsp3) is 0.375. The second-order valence-electron chi connectivity index (χ2n) is 2.94. The third-order valence-corrected chi connectivity index (χ3v) is 1.70. The number of rotatable bonds is 2. The average molecular weight is 281 g/mol. The van der Waals surface area contributed by atoms with E-state index in [1.165, 1.54) is 0 Å². The van der Waals surface area contributed by atoms with E-state index in [2.05, 4.69) is 9.72 Å². The van der Waals surface area contributed by atoms with E-state index in [0.29, 0.717) is 0 Å². The highest BCUT2D eigenvalue weighted by Crippen LogP contribution is 2.38. The van der Waals surface area contributed by atoms with E-state index in [0.717, 1.165) is 0 Å². The van der Waals surface area contributed by atoms with Crippen LogP contribution in [0.3, 0.4) is 0 Å². The van der Waals surface area contributed by atoms with Gasteiger partial charge in [-0.15, -0.1) is 13.2 Å². The van der Waals surface area contributed by atoms with E-state index in [1.54, 1.807) is 0 Å². The number of halogens is 8. The van der Waals surface area contributed by atoms with E-state index >= 15 is 0 Å². The van der Waals surface area contributed by atoms with E-state index < -0.39 is 42.0 Å². The van der Waals surface area contributed by atoms with Crippen LogP contribution in [-0.2, 0) is 12.9 Å². The van der Waals surface area contributed by atoms with Gasteiger partial charge in [-0.1, -0.05) is 0 Å². The standard InChI is InChI=1S/C8H3F8NO/c9-1-3-5(7(11,12)13)6(10)4(2-17-3)18-8(14,15)16/h2H,1H2. The Morgan fingerprint density at radius 1 is 1.11 bits per heavy atom. The molecule has 0 atom stereocenters. The molecule has 1 heterocycles. The lowest BCUT2D eigenvalue weighted by Gasteiger charge is -2.15. The minimum Gasteiger partial charge on any atom is -0.401 e. The summed E-state index contributed by atoms with van der Waals surface area (Å²) in [6, 6.07) is 0. The minimum absolute atomic E-state index is 0.0347. The molecule has 0 saturated heterocycles. The number of alkyl halides is 7. The van der Waals surface area contributed by atoms with Crippen molar-refractivity contribution in [2.75, 3.05) is 0 Å². The monoisotopic (exact) mass is 281 g/mol. The largest absolute Gasteiger partial charge is 0.573 e. The zero-order valence-electron chi connectivity index (χ0n) is 8.16. The van der Waals surface area contributed by atoms with Gasteiger partial charge in [0.2, 0.25) is 0 Å². The Morgan fingerprint density at radius 3 is 2.06 bits per heavy atom. The Balaban J connectivity index is 3.35. The average Bonchev–Trinajstić information content (AvgIpc) is 2.16. The van der Waals surface area contributed by atoms with Crippen molar-refractivity contribution < 1.29 is 39.9 Å². The first-order valence-electron chi connectivity index (χ1n) is 4.12. The van der Waals surface area contributed by atoms with Gasteiger partial charge < -0.3 is 4.74 Å². The summed E-state index contributed by atoms with van der Waals surface area (Å²) in [5.41, 5.74) is -3.57. The fourth-order valence-corrected chi connectivity index (χ4v) is 1.09. The van der Waals surface area contributed by atoms with Crippen LogP contribution in [-0.4, -0.2) is 11.3 Å². The normalized spacial score (nSPS) is 12.7. The summed E-state index contributed by atoms with van der Waals surface area (Å²) in [5, 5.41) is 0. The third kappa shape index (κ3) is 3.20. The van der Waals surface area contributed by atoms with Crippen molar-refractivity contribution in [2.45, 2.75) is 19.2 Å². The molecule has 0 spiro atoms. The van der Waals surface area contributed by atoms with E-state index in [4.69, 9.17) is 0 Å². The van der Waals surface area contributed by atoms with Crippen LogP contribution >= 0.6 is 0 Å². The molecule has 1 aromatic rings. The molecule has 0 aliphatic heterocycles. The molecule has 0 aliphatic rings. The molecule has 18 heavy (non-hydrogen) atoms. The Hall–Kier alpha value is -1.61. The second-order valence-corrected chi connectivity index (χ2v) is 2.94. The molecule has 0 amide bonds. The molecule has 0 N–H and O–H groups in total. The molecule has 10 heteroatoms. The number of aromatic nitrogens is 1. The fourth-order valence-electron chi connectivity index (χ4n) is 1.09. The molecule has 0 fully saturated rings. The van der Waals surface area contributed by atoms with Gasteiger partial charge in [0.25, 0.3) is 0 Å². The molecule has 1 aromatic heterocycles. The van der Waals surface area contributed by atoms with Crippen LogP contribution in [0.1, 0.15) is 11.3 Å². The highest BCUT2D eigenvalue weighted by Gasteiger charge is 2.41. The Bertz CT molecular complexity index is 438. The van der Waals surface area contributed by atoms with Crippen LogP contribution in [0.2, 0.25) is 0 Å². The Labute approximate surface area is 94.2 Å². The summed E-state index contributed by atoms with van der Waals surface area (Å²) in [6.45, 7) is -1.78. The maximum atomic E-state index is 13.2. The first-order chi connectivity index (χ1) is 8.06. The van der Waals surface area contributed by atoms with Crippen molar-refractivity contribution in [1.82, 2.24) is 4.98 Å². The first kappa shape index (κ1) is 14.5. The van der Waals surface area contributed by atoms with Gasteiger partial charge in [0, 0.05) is 0 Å². The topological polar surface area (TPSA) is 22.1 Å². The molecule has 2 nitrogen and oxygen atoms in total. The van der Waals surface area contributed by atoms with Crippen molar-refractivity contribution in [2.24, 2.45) is 0 Å². The molecular formula is C8H3F8NO. The van der Waals surface area contributed by atoms with Crippen LogP contribution in [0.15, 0.2) is 6.20 Å². The molecule has 0 aromatic carbocycles. The van der Waals surface area contributed by atoms with E-state index in [9.17, 15) is 35.1 Å². The SMILES string of the molecule is FCc1ncc(OC(F)(F)F)c(F)c1C(F)(F)F. The van der Waals surface area contributed by atoms with Crippen LogP contribution in [0.4, 0.5) is 35.1 Å². The van der Waals surface area contributed by atoms with Crippen LogP contribution in [0.25, 0.3) is 0 Å². The van der Waals surface area contributed by atoms with Gasteiger partial charge in [0.1, 0.15) is 12.2 Å².